The molecule has 68 heavy (non-hydrogen) atoms. The smallest absolute Gasteiger partial charge is 0.270 e. The summed E-state index contributed by atoms with van der Waals surface area (Å²) < 4.78 is 40.9. The lowest BCUT2D eigenvalue weighted by atomic mass is 9.48. The highest BCUT2D eigenvalue weighted by Gasteiger charge is 2.63. The van der Waals surface area contributed by atoms with Gasteiger partial charge in [-0.1, -0.05) is 350 Å². The van der Waals surface area contributed by atoms with E-state index < -0.39 is 20.3 Å². The van der Waals surface area contributed by atoms with Crippen molar-refractivity contribution in [3.63, 3.8) is 0 Å². The lowest BCUT2D eigenvalue weighted by Crippen LogP contribution is -2.60. The summed E-state index contributed by atoms with van der Waals surface area (Å²) in [5, 5.41) is 0. The standard InChI is InChI=1S/C64H130O3S/c1-8-14-20-26-32-38-44-50-56-62(7,68(65,66)67)64(60-54-48-42-36-30-24-18-12-5,61-55-49-43-37-31-25-19-13-6)63(57-51-45-39-33-27-21-15-9-2,58-52-46-40-34-28-22-16-10-3)59-53-47-41-35-29-23-17-11-4/h8-61H2,1-7H3,(H,65,66,67). The van der Waals surface area contributed by atoms with Crippen molar-refractivity contribution in [2.45, 2.75) is 400 Å². The van der Waals surface area contributed by atoms with Crippen LogP contribution in [0.1, 0.15) is 395 Å². The SMILES string of the molecule is CCCCCCCCCCC(CCCCCCCCCC)(CCCCCCCCCC)C(CCCCCCCCCC)(CCCCCCCCCC)C(C)(CCCCCCCCCC)S(=O)(=O)O. The lowest BCUT2D eigenvalue weighted by Gasteiger charge is -2.60. The molecule has 0 spiro atoms. The molecule has 0 saturated heterocycles. The molecule has 0 rings (SSSR count). The first-order valence-electron chi connectivity index (χ1n) is 32.1. The molecule has 410 valence electrons. The van der Waals surface area contributed by atoms with Crippen LogP contribution < -0.4 is 0 Å². The second kappa shape index (κ2) is 47.9. The van der Waals surface area contributed by atoms with E-state index in [9.17, 15) is 13.0 Å². The fourth-order valence-corrected chi connectivity index (χ4v) is 14.3. The van der Waals surface area contributed by atoms with E-state index in [0.29, 0.717) is 6.42 Å². The van der Waals surface area contributed by atoms with Crippen molar-refractivity contribution in [3.05, 3.63) is 0 Å². The normalized spacial score (nSPS) is 13.5. The first kappa shape index (κ1) is 67.9. The molecule has 0 radical (unpaired) electrons. The molecule has 0 aliphatic rings. The van der Waals surface area contributed by atoms with Crippen LogP contribution in [-0.2, 0) is 10.1 Å². The molecule has 0 heterocycles. The van der Waals surface area contributed by atoms with Crippen LogP contribution in [0, 0.1) is 10.8 Å². The molecule has 0 fully saturated rings. The Balaban J connectivity index is 7.53. The predicted octanol–water partition coefficient (Wildman–Crippen LogP) is 23.8. The summed E-state index contributed by atoms with van der Waals surface area (Å²) in [4.78, 5) is 0. The molecule has 0 aromatic rings. The Morgan fingerprint density at radius 3 is 0.603 bits per heavy atom. The summed E-state index contributed by atoms with van der Waals surface area (Å²) in [7, 11) is -4.37. The van der Waals surface area contributed by atoms with Gasteiger partial charge in [0.25, 0.3) is 10.1 Å². The molecule has 0 amide bonds. The van der Waals surface area contributed by atoms with E-state index in [-0.39, 0.29) is 5.41 Å². The van der Waals surface area contributed by atoms with Crippen LogP contribution in [0.25, 0.3) is 0 Å². The summed E-state index contributed by atoms with van der Waals surface area (Å²) in [5.74, 6) is 0. The lowest BCUT2D eigenvalue weighted by molar-refractivity contribution is -0.0577. The van der Waals surface area contributed by atoms with Crippen LogP contribution in [0.2, 0.25) is 0 Å². The van der Waals surface area contributed by atoms with Crippen LogP contribution in [0.3, 0.4) is 0 Å². The first-order chi connectivity index (χ1) is 33.1. The fourth-order valence-electron chi connectivity index (χ4n) is 13.0. The molecule has 0 aliphatic carbocycles. The van der Waals surface area contributed by atoms with Gasteiger partial charge in [-0.2, -0.15) is 8.42 Å². The van der Waals surface area contributed by atoms with Crippen molar-refractivity contribution in [1.29, 1.82) is 0 Å². The molecule has 0 aliphatic heterocycles. The van der Waals surface area contributed by atoms with Crippen LogP contribution >= 0.6 is 0 Å². The zero-order valence-electron chi connectivity index (χ0n) is 48.4. The summed E-state index contributed by atoms with van der Waals surface area (Å²) in [6.07, 6.45) is 67.6. The monoisotopic (exact) mass is 979 g/mol. The third-order valence-electron chi connectivity index (χ3n) is 17.5. The molecule has 1 atom stereocenters. The van der Waals surface area contributed by atoms with E-state index in [2.05, 4.69) is 48.5 Å². The van der Waals surface area contributed by atoms with Gasteiger partial charge in [0, 0.05) is 0 Å². The fraction of sp³-hybridized carbons (Fsp3) is 1.00. The molecule has 0 aromatic carbocycles. The van der Waals surface area contributed by atoms with Gasteiger partial charge < -0.3 is 0 Å². The van der Waals surface area contributed by atoms with E-state index in [1.807, 2.05) is 0 Å². The molecule has 0 saturated carbocycles. The summed E-state index contributed by atoms with van der Waals surface area (Å²) in [6, 6.07) is 0. The minimum Gasteiger partial charge on any atom is -0.285 e. The summed E-state index contributed by atoms with van der Waals surface area (Å²) in [5.41, 5.74) is -0.505. The minimum absolute atomic E-state index is 0.0768. The van der Waals surface area contributed by atoms with Gasteiger partial charge in [0.05, 0.1) is 0 Å². The van der Waals surface area contributed by atoms with Gasteiger partial charge in [-0.3, -0.25) is 4.55 Å². The Bertz CT molecular complexity index is 1050. The highest BCUT2D eigenvalue weighted by molar-refractivity contribution is 7.87. The topological polar surface area (TPSA) is 54.4 Å². The average Bonchev–Trinajstić information content (AvgIpc) is 3.32. The Labute approximate surface area is 431 Å². The first-order valence-corrected chi connectivity index (χ1v) is 33.5. The Morgan fingerprint density at radius 2 is 0.412 bits per heavy atom. The molecular formula is C64H130O3S. The van der Waals surface area contributed by atoms with Crippen molar-refractivity contribution in [1.82, 2.24) is 0 Å². The van der Waals surface area contributed by atoms with Gasteiger partial charge in [-0.15, -0.1) is 0 Å². The Hall–Kier alpha value is -0.0900. The quantitative estimate of drug-likeness (QED) is 0.0488. The minimum atomic E-state index is -4.37. The van der Waals surface area contributed by atoms with Crippen LogP contribution in [0.5, 0.6) is 0 Å². The zero-order chi connectivity index (χ0) is 50.2. The van der Waals surface area contributed by atoms with Gasteiger partial charge >= 0.3 is 0 Å². The van der Waals surface area contributed by atoms with Gasteiger partial charge in [-0.25, -0.2) is 0 Å². The van der Waals surface area contributed by atoms with Crippen LogP contribution in [0.15, 0.2) is 0 Å². The number of rotatable bonds is 57. The third-order valence-corrected chi connectivity index (χ3v) is 19.3. The number of hydrogen-bond acceptors (Lipinski definition) is 2. The zero-order valence-corrected chi connectivity index (χ0v) is 49.2. The maximum absolute atomic E-state index is 14.9. The molecule has 0 bridgehead atoms. The maximum atomic E-state index is 14.9. The van der Waals surface area contributed by atoms with Crippen LogP contribution in [-0.4, -0.2) is 17.7 Å². The maximum Gasteiger partial charge on any atom is 0.270 e. The van der Waals surface area contributed by atoms with Gasteiger partial charge in [0.15, 0.2) is 0 Å². The van der Waals surface area contributed by atoms with E-state index in [0.717, 1.165) is 57.8 Å². The highest BCUT2D eigenvalue weighted by Crippen LogP contribution is 2.64. The van der Waals surface area contributed by atoms with E-state index >= 15 is 0 Å². The Morgan fingerprint density at radius 1 is 0.250 bits per heavy atom. The van der Waals surface area contributed by atoms with Crippen molar-refractivity contribution in [2.75, 3.05) is 0 Å². The van der Waals surface area contributed by atoms with Gasteiger partial charge in [0.2, 0.25) is 0 Å². The van der Waals surface area contributed by atoms with Gasteiger partial charge in [-0.05, 0) is 56.3 Å². The largest absolute Gasteiger partial charge is 0.285 e. The second-order valence-electron chi connectivity index (χ2n) is 23.4. The number of unbranched alkanes of at least 4 members (excludes halogenated alkanes) is 42. The average molecular weight is 980 g/mol. The number of hydrogen-bond donors (Lipinski definition) is 1. The molecule has 3 nitrogen and oxygen atoms in total. The summed E-state index contributed by atoms with van der Waals surface area (Å²) in [6.45, 7) is 16.0. The highest BCUT2D eigenvalue weighted by atomic mass is 32.2. The molecule has 1 unspecified atom stereocenters. The molecular weight excluding hydrogens is 849 g/mol. The van der Waals surface area contributed by atoms with Gasteiger partial charge in [0.1, 0.15) is 4.75 Å². The van der Waals surface area contributed by atoms with E-state index in [1.54, 1.807) is 0 Å². The van der Waals surface area contributed by atoms with Crippen LogP contribution in [0.4, 0.5) is 0 Å². The predicted molar refractivity (Wildman–Crippen MR) is 308 cm³/mol. The van der Waals surface area contributed by atoms with Crippen molar-refractivity contribution < 1.29 is 13.0 Å². The van der Waals surface area contributed by atoms with E-state index in [1.165, 1.54) is 283 Å². The third kappa shape index (κ3) is 32.2. The molecule has 4 heteroatoms. The molecule has 0 aromatic heterocycles. The molecule has 1 N–H and O–H groups in total. The second-order valence-corrected chi connectivity index (χ2v) is 25.3. The Kier molecular flexibility index (Phi) is 47.8. The summed E-state index contributed by atoms with van der Waals surface area (Å²) >= 11 is 0. The van der Waals surface area contributed by atoms with E-state index in [4.69, 9.17) is 0 Å². The van der Waals surface area contributed by atoms with Crippen molar-refractivity contribution in [3.8, 4) is 0 Å². The van der Waals surface area contributed by atoms with Crippen molar-refractivity contribution in [2.24, 2.45) is 10.8 Å². The van der Waals surface area contributed by atoms with Crippen molar-refractivity contribution >= 4 is 10.1 Å².